The Bertz CT molecular complexity index is 753. The first kappa shape index (κ1) is 22.7. The molecule has 150 valence electrons. The van der Waals surface area contributed by atoms with Crippen molar-refractivity contribution in [3.63, 3.8) is 0 Å². The number of alkyl halides is 6. The SMILES string of the molecule is CCC(c1ccc(C(CC)S(=O)(=O)C(F)(F)F)cc1)S(=O)(=O)C(F)(F)F. The molecular formula is C14H16F6O4S2. The summed E-state index contributed by atoms with van der Waals surface area (Å²) in [6.07, 6.45) is -0.835. The van der Waals surface area contributed by atoms with Gasteiger partial charge in [0.15, 0.2) is 0 Å². The van der Waals surface area contributed by atoms with E-state index in [2.05, 4.69) is 0 Å². The van der Waals surface area contributed by atoms with Crippen molar-refractivity contribution in [2.24, 2.45) is 0 Å². The van der Waals surface area contributed by atoms with Gasteiger partial charge >= 0.3 is 11.0 Å². The Kier molecular flexibility index (Phi) is 6.45. The minimum absolute atomic E-state index is 0.284. The van der Waals surface area contributed by atoms with Crippen molar-refractivity contribution in [3.8, 4) is 0 Å². The molecule has 0 bridgehead atoms. The van der Waals surface area contributed by atoms with Gasteiger partial charge in [-0.2, -0.15) is 26.3 Å². The maximum absolute atomic E-state index is 12.7. The van der Waals surface area contributed by atoms with Gasteiger partial charge in [0.05, 0.1) is 10.5 Å². The molecule has 0 saturated carbocycles. The van der Waals surface area contributed by atoms with Crippen LogP contribution in [-0.4, -0.2) is 27.9 Å². The van der Waals surface area contributed by atoms with Crippen LogP contribution in [0.2, 0.25) is 0 Å². The van der Waals surface area contributed by atoms with Crippen molar-refractivity contribution >= 4 is 19.7 Å². The molecule has 0 spiro atoms. The average molecular weight is 426 g/mol. The van der Waals surface area contributed by atoms with Gasteiger partial charge < -0.3 is 0 Å². The predicted octanol–water partition coefficient (Wildman–Crippen LogP) is 4.46. The van der Waals surface area contributed by atoms with Crippen molar-refractivity contribution in [2.75, 3.05) is 0 Å². The van der Waals surface area contributed by atoms with Crippen molar-refractivity contribution < 1.29 is 43.2 Å². The molecule has 1 aromatic carbocycles. The largest absolute Gasteiger partial charge is 0.498 e. The fraction of sp³-hybridized carbons (Fsp3) is 0.571. The summed E-state index contributed by atoms with van der Waals surface area (Å²) in [5.41, 5.74) is -11.5. The van der Waals surface area contributed by atoms with Crippen LogP contribution >= 0.6 is 0 Å². The van der Waals surface area contributed by atoms with Crippen LogP contribution in [0, 0.1) is 0 Å². The molecule has 1 aromatic rings. The highest BCUT2D eigenvalue weighted by Gasteiger charge is 2.51. The fourth-order valence-corrected chi connectivity index (χ4v) is 5.07. The summed E-state index contributed by atoms with van der Waals surface area (Å²) in [6.45, 7) is 2.43. The Morgan fingerprint density at radius 2 is 0.923 bits per heavy atom. The van der Waals surface area contributed by atoms with Gasteiger partial charge in [-0.1, -0.05) is 38.1 Å². The van der Waals surface area contributed by atoms with Gasteiger partial charge in [0, 0.05) is 0 Å². The summed E-state index contributed by atoms with van der Waals surface area (Å²) in [7, 11) is -11.1. The zero-order chi connectivity index (χ0) is 20.6. The second-order valence-corrected chi connectivity index (χ2v) is 9.69. The quantitative estimate of drug-likeness (QED) is 0.630. The van der Waals surface area contributed by atoms with Crippen LogP contribution in [0.4, 0.5) is 26.3 Å². The molecule has 0 radical (unpaired) electrons. The van der Waals surface area contributed by atoms with Gasteiger partial charge in [-0.3, -0.25) is 0 Å². The van der Waals surface area contributed by atoms with Gasteiger partial charge in [-0.25, -0.2) is 16.8 Å². The van der Waals surface area contributed by atoms with E-state index in [0.717, 1.165) is 24.3 Å². The van der Waals surface area contributed by atoms with E-state index < -0.39 is 54.0 Å². The second-order valence-electron chi connectivity index (χ2n) is 5.44. The third-order valence-electron chi connectivity index (χ3n) is 3.82. The van der Waals surface area contributed by atoms with Crippen molar-refractivity contribution in [3.05, 3.63) is 35.4 Å². The highest BCUT2D eigenvalue weighted by molar-refractivity contribution is 7.92. The molecule has 4 nitrogen and oxygen atoms in total. The lowest BCUT2D eigenvalue weighted by Gasteiger charge is -2.21. The molecule has 2 unspecified atom stereocenters. The summed E-state index contributed by atoms with van der Waals surface area (Å²) < 4.78 is 123. The van der Waals surface area contributed by atoms with E-state index in [1.165, 1.54) is 13.8 Å². The summed E-state index contributed by atoms with van der Waals surface area (Å²) in [6, 6.07) is 3.62. The summed E-state index contributed by atoms with van der Waals surface area (Å²) in [5, 5.41) is -3.87. The topological polar surface area (TPSA) is 68.3 Å². The molecule has 0 N–H and O–H groups in total. The smallest absolute Gasteiger partial charge is 0.219 e. The lowest BCUT2D eigenvalue weighted by molar-refractivity contribution is -0.0452. The van der Waals surface area contributed by atoms with Crippen LogP contribution in [0.5, 0.6) is 0 Å². The lowest BCUT2D eigenvalue weighted by Crippen LogP contribution is -2.29. The van der Waals surface area contributed by atoms with E-state index in [9.17, 15) is 43.2 Å². The number of hydrogen-bond donors (Lipinski definition) is 0. The Hall–Kier alpha value is -1.30. The minimum atomic E-state index is -5.53. The van der Waals surface area contributed by atoms with Crippen molar-refractivity contribution in [1.82, 2.24) is 0 Å². The maximum atomic E-state index is 12.7. The van der Waals surface area contributed by atoms with Crippen LogP contribution < -0.4 is 0 Å². The fourth-order valence-electron chi connectivity index (χ4n) is 2.52. The summed E-state index contributed by atoms with van der Waals surface area (Å²) >= 11 is 0. The van der Waals surface area contributed by atoms with E-state index in [4.69, 9.17) is 0 Å². The predicted molar refractivity (Wildman–Crippen MR) is 82.5 cm³/mol. The summed E-state index contributed by atoms with van der Waals surface area (Å²) in [5.74, 6) is 0. The molecular weight excluding hydrogens is 410 g/mol. The average Bonchev–Trinajstić information content (AvgIpc) is 2.47. The third kappa shape index (κ3) is 4.16. The van der Waals surface area contributed by atoms with E-state index in [0.29, 0.717) is 0 Å². The zero-order valence-electron chi connectivity index (χ0n) is 13.6. The van der Waals surface area contributed by atoms with Crippen molar-refractivity contribution in [1.29, 1.82) is 0 Å². The highest BCUT2D eigenvalue weighted by Crippen LogP contribution is 2.40. The Balaban J connectivity index is 3.35. The molecule has 12 heteroatoms. The Morgan fingerprint density at radius 3 is 1.08 bits per heavy atom. The number of rotatable bonds is 6. The second kappa shape index (κ2) is 7.37. The van der Waals surface area contributed by atoms with Gasteiger partial charge in [0.2, 0.25) is 0 Å². The highest BCUT2D eigenvalue weighted by atomic mass is 32.2. The first-order valence-corrected chi connectivity index (χ1v) is 10.4. The van der Waals surface area contributed by atoms with E-state index in [1.807, 2.05) is 0 Å². The number of hydrogen-bond acceptors (Lipinski definition) is 4. The molecule has 0 heterocycles. The van der Waals surface area contributed by atoms with E-state index in [1.54, 1.807) is 0 Å². The first-order valence-electron chi connectivity index (χ1n) is 7.31. The first-order chi connectivity index (χ1) is 11.6. The molecule has 0 aliphatic rings. The minimum Gasteiger partial charge on any atom is -0.219 e. The van der Waals surface area contributed by atoms with Crippen LogP contribution in [0.3, 0.4) is 0 Å². The third-order valence-corrected chi connectivity index (χ3v) is 7.82. The van der Waals surface area contributed by atoms with E-state index in [-0.39, 0.29) is 11.1 Å². The van der Waals surface area contributed by atoms with Gasteiger partial charge in [0.25, 0.3) is 19.7 Å². The van der Waals surface area contributed by atoms with Gasteiger partial charge in [-0.05, 0) is 24.0 Å². The van der Waals surface area contributed by atoms with Crippen LogP contribution in [-0.2, 0) is 19.7 Å². The van der Waals surface area contributed by atoms with Gasteiger partial charge in [0.1, 0.15) is 0 Å². The van der Waals surface area contributed by atoms with Crippen LogP contribution in [0.15, 0.2) is 24.3 Å². The van der Waals surface area contributed by atoms with Crippen molar-refractivity contribution in [2.45, 2.75) is 48.2 Å². The monoisotopic (exact) mass is 426 g/mol. The Morgan fingerprint density at radius 1 is 0.692 bits per heavy atom. The van der Waals surface area contributed by atoms with Crippen LogP contribution in [0.1, 0.15) is 48.3 Å². The molecule has 0 aliphatic carbocycles. The molecule has 2 atom stereocenters. The number of halogens is 6. The Labute approximate surface area is 147 Å². The molecule has 1 rings (SSSR count). The standard InChI is InChI=1S/C14H16F6O4S2/c1-3-11(25(21,22)13(15,16)17)9-5-7-10(8-6-9)12(4-2)26(23,24)14(18,19)20/h5-8,11-12H,3-4H2,1-2H3. The zero-order valence-corrected chi connectivity index (χ0v) is 15.2. The molecule has 0 fully saturated rings. The molecule has 26 heavy (non-hydrogen) atoms. The molecule has 0 amide bonds. The van der Waals surface area contributed by atoms with Gasteiger partial charge in [-0.15, -0.1) is 0 Å². The van der Waals surface area contributed by atoms with E-state index >= 15 is 0 Å². The molecule has 0 aromatic heterocycles. The number of benzene rings is 1. The molecule has 0 saturated heterocycles. The number of sulfone groups is 2. The van der Waals surface area contributed by atoms with Crippen LogP contribution in [0.25, 0.3) is 0 Å². The maximum Gasteiger partial charge on any atom is 0.498 e. The summed E-state index contributed by atoms with van der Waals surface area (Å²) in [4.78, 5) is 0. The lowest BCUT2D eigenvalue weighted by atomic mass is 10.0. The molecule has 0 aliphatic heterocycles. The normalized spacial score (nSPS) is 16.3.